The fraction of sp³-hybridized carbons (Fsp3) is 0.500. The molecule has 1 aromatic rings. The molecule has 1 saturated carbocycles. The van der Waals surface area contributed by atoms with Crippen LogP contribution in [0.5, 0.6) is 0 Å². The van der Waals surface area contributed by atoms with E-state index in [0.29, 0.717) is 0 Å². The summed E-state index contributed by atoms with van der Waals surface area (Å²) in [5.41, 5.74) is -0.0154. The molecule has 0 heterocycles. The topological polar surface area (TPSA) is 54.4 Å². The lowest BCUT2D eigenvalue weighted by atomic mass is 10.2. The third-order valence-electron chi connectivity index (χ3n) is 3.50. The van der Waals surface area contributed by atoms with E-state index >= 15 is 0 Å². The zero-order chi connectivity index (χ0) is 13.8. The van der Waals surface area contributed by atoms with Crippen molar-refractivity contribution in [2.45, 2.75) is 48.7 Å². The number of aromatic carboxylic acids is 1. The summed E-state index contributed by atoms with van der Waals surface area (Å²) in [6.07, 6.45) is 5.93. The van der Waals surface area contributed by atoms with Crippen LogP contribution >= 0.6 is 0 Å². The summed E-state index contributed by atoms with van der Waals surface area (Å²) in [5, 5.41) is 8.86. The number of hydrogen-bond donors (Lipinski definition) is 1. The summed E-state index contributed by atoms with van der Waals surface area (Å²) in [4.78, 5) is 10.9. The molecule has 0 aliphatic heterocycles. The van der Waals surface area contributed by atoms with Crippen LogP contribution in [0.25, 0.3) is 0 Å². The van der Waals surface area contributed by atoms with Crippen LogP contribution in [0.2, 0.25) is 0 Å². The van der Waals surface area contributed by atoms with E-state index in [0.717, 1.165) is 44.6 Å². The maximum Gasteiger partial charge on any atom is 0.335 e. The zero-order valence-corrected chi connectivity index (χ0v) is 11.4. The van der Waals surface area contributed by atoms with Crippen LogP contribution in [0.3, 0.4) is 0 Å². The molecule has 5 heteroatoms. The highest BCUT2D eigenvalue weighted by Gasteiger charge is 2.23. The van der Waals surface area contributed by atoms with Crippen LogP contribution in [0.1, 0.15) is 48.9 Å². The van der Waals surface area contributed by atoms with Crippen LogP contribution in [0.15, 0.2) is 23.1 Å². The van der Waals surface area contributed by atoms with Gasteiger partial charge >= 0.3 is 5.97 Å². The fourth-order valence-corrected chi connectivity index (χ4v) is 4.05. The molecule has 0 radical (unpaired) electrons. The van der Waals surface area contributed by atoms with Gasteiger partial charge in [0.1, 0.15) is 5.82 Å². The van der Waals surface area contributed by atoms with Gasteiger partial charge in [-0.15, -0.1) is 0 Å². The smallest absolute Gasteiger partial charge is 0.335 e. The quantitative estimate of drug-likeness (QED) is 0.866. The molecule has 3 nitrogen and oxygen atoms in total. The summed E-state index contributed by atoms with van der Waals surface area (Å²) in [6.45, 7) is 0. The first-order valence-electron chi connectivity index (χ1n) is 6.53. The maximum absolute atomic E-state index is 13.8. The lowest BCUT2D eigenvalue weighted by Gasteiger charge is -2.14. The van der Waals surface area contributed by atoms with E-state index < -0.39 is 22.6 Å². The van der Waals surface area contributed by atoms with Crippen LogP contribution < -0.4 is 0 Å². The molecule has 1 atom stereocenters. The van der Waals surface area contributed by atoms with Crippen molar-refractivity contribution < 1.29 is 18.5 Å². The standard InChI is InChI=1S/C14H17FO3S/c15-12-8-7-10(14(16)17)9-13(12)19(18)11-5-3-1-2-4-6-11/h7-9,11H,1-6H2,(H,16,17). The van der Waals surface area contributed by atoms with Gasteiger partial charge in [0.25, 0.3) is 0 Å². The number of hydrogen-bond acceptors (Lipinski definition) is 2. The first kappa shape index (κ1) is 14.2. The first-order chi connectivity index (χ1) is 9.09. The van der Waals surface area contributed by atoms with Crippen LogP contribution in [-0.2, 0) is 10.8 Å². The summed E-state index contributed by atoms with van der Waals surface area (Å²) in [5.74, 6) is -1.70. The molecular weight excluding hydrogens is 267 g/mol. The predicted octanol–water partition coefficient (Wildman–Crippen LogP) is 3.35. The second kappa shape index (κ2) is 6.28. The van der Waals surface area contributed by atoms with E-state index in [-0.39, 0.29) is 15.7 Å². The minimum absolute atomic E-state index is 0.0154. The minimum Gasteiger partial charge on any atom is -0.478 e. The van der Waals surface area contributed by atoms with E-state index in [9.17, 15) is 13.4 Å². The molecule has 1 aliphatic carbocycles. The Kier molecular flexibility index (Phi) is 4.69. The van der Waals surface area contributed by atoms with Crippen LogP contribution in [0.4, 0.5) is 4.39 Å². The average Bonchev–Trinajstić information content (AvgIpc) is 2.67. The van der Waals surface area contributed by atoms with Gasteiger partial charge in [-0.2, -0.15) is 0 Å². The number of carboxylic acids is 1. The van der Waals surface area contributed by atoms with Crippen molar-refractivity contribution in [1.29, 1.82) is 0 Å². The molecular formula is C14H17FO3S. The Bertz CT molecular complexity index is 493. The molecule has 1 unspecified atom stereocenters. The van der Waals surface area contributed by atoms with Crippen molar-refractivity contribution in [3.05, 3.63) is 29.6 Å². The average molecular weight is 284 g/mol. The Morgan fingerprint density at radius 1 is 1.21 bits per heavy atom. The lowest BCUT2D eigenvalue weighted by Crippen LogP contribution is -2.16. The highest BCUT2D eigenvalue weighted by molar-refractivity contribution is 7.85. The summed E-state index contributed by atoms with van der Waals surface area (Å²) in [7, 11) is -1.46. The van der Waals surface area contributed by atoms with Crippen molar-refractivity contribution in [3.63, 3.8) is 0 Å². The molecule has 0 bridgehead atoms. The van der Waals surface area contributed by atoms with E-state index in [1.165, 1.54) is 12.1 Å². The van der Waals surface area contributed by atoms with Crippen molar-refractivity contribution in [3.8, 4) is 0 Å². The van der Waals surface area contributed by atoms with Gasteiger partial charge in [0.05, 0.1) is 21.3 Å². The second-order valence-corrected chi connectivity index (χ2v) is 6.56. The molecule has 0 saturated heterocycles. The highest BCUT2D eigenvalue weighted by atomic mass is 32.2. The second-order valence-electron chi connectivity index (χ2n) is 4.86. The fourth-order valence-electron chi connectivity index (χ4n) is 2.43. The predicted molar refractivity (Wildman–Crippen MR) is 71.3 cm³/mol. The summed E-state index contributed by atoms with van der Waals surface area (Å²) < 4.78 is 26.2. The Labute approximate surface area is 114 Å². The molecule has 1 fully saturated rings. The lowest BCUT2D eigenvalue weighted by molar-refractivity contribution is 0.0696. The Hall–Kier alpha value is -1.23. The van der Waals surface area contributed by atoms with Crippen LogP contribution in [-0.4, -0.2) is 20.5 Å². The number of rotatable bonds is 3. The van der Waals surface area contributed by atoms with E-state index in [1.54, 1.807) is 0 Å². The van der Waals surface area contributed by atoms with Gasteiger partial charge in [0.2, 0.25) is 0 Å². The third-order valence-corrected chi connectivity index (χ3v) is 5.32. The highest BCUT2D eigenvalue weighted by Crippen LogP contribution is 2.26. The molecule has 1 N–H and O–H groups in total. The number of carbonyl (C=O) groups is 1. The number of halogens is 1. The van der Waals surface area contributed by atoms with Gasteiger partial charge in [-0.3, -0.25) is 4.21 Å². The van der Waals surface area contributed by atoms with Crippen LogP contribution in [0, 0.1) is 5.82 Å². The van der Waals surface area contributed by atoms with Gasteiger partial charge in [-0.1, -0.05) is 25.7 Å². The Morgan fingerprint density at radius 2 is 1.84 bits per heavy atom. The van der Waals surface area contributed by atoms with Gasteiger partial charge in [0, 0.05) is 5.25 Å². The molecule has 0 spiro atoms. The van der Waals surface area contributed by atoms with Gasteiger partial charge in [-0.25, -0.2) is 9.18 Å². The largest absolute Gasteiger partial charge is 0.478 e. The van der Waals surface area contributed by atoms with Crippen molar-refractivity contribution in [2.75, 3.05) is 0 Å². The molecule has 1 aromatic carbocycles. The van der Waals surface area contributed by atoms with E-state index in [1.807, 2.05) is 0 Å². The first-order valence-corrected chi connectivity index (χ1v) is 7.74. The minimum atomic E-state index is -1.46. The zero-order valence-electron chi connectivity index (χ0n) is 10.6. The Morgan fingerprint density at radius 3 is 2.42 bits per heavy atom. The van der Waals surface area contributed by atoms with Gasteiger partial charge < -0.3 is 5.11 Å². The summed E-state index contributed by atoms with van der Waals surface area (Å²) in [6, 6.07) is 3.50. The Balaban J connectivity index is 2.26. The molecule has 104 valence electrons. The van der Waals surface area contributed by atoms with E-state index in [4.69, 9.17) is 5.11 Å². The number of carboxylic acid groups (broad SMARTS) is 1. The number of benzene rings is 1. The van der Waals surface area contributed by atoms with E-state index in [2.05, 4.69) is 0 Å². The van der Waals surface area contributed by atoms with Gasteiger partial charge in [-0.05, 0) is 31.0 Å². The SMILES string of the molecule is O=C(O)c1ccc(F)c(S(=O)C2CCCCCC2)c1. The van der Waals surface area contributed by atoms with Crippen molar-refractivity contribution in [2.24, 2.45) is 0 Å². The molecule has 0 amide bonds. The van der Waals surface area contributed by atoms with Gasteiger partial charge in [0.15, 0.2) is 0 Å². The third kappa shape index (κ3) is 3.41. The molecule has 0 aromatic heterocycles. The molecule has 19 heavy (non-hydrogen) atoms. The maximum atomic E-state index is 13.8. The summed E-state index contributed by atoms with van der Waals surface area (Å²) >= 11 is 0. The van der Waals surface area contributed by atoms with Crippen molar-refractivity contribution >= 4 is 16.8 Å². The molecule has 1 aliphatic rings. The normalized spacial score (nSPS) is 18.8. The molecule has 2 rings (SSSR count). The monoisotopic (exact) mass is 284 g/mol. The van der Waals surface area contributed by atoms with Crippen molar-refractivity contribution in [1.82, 2.24) is 0 Å².